The number of aliphatic imine (C=N–C) groups is 2. The van der Waals surface area contributed by atoms with E-state index in [0.717, 1.165) is 48.4 Å². The number of hydrogen-bond donors (Lipinski definition) is 1. The fourth-order valence-corrected chi connectivity index (χ4v) is 3.02. The Kier molecular flexibility index (Phi) is 8.11. The van der Waals surface area contributed by atoms with Gasteiger partial charge in [-0.25, -0.2) is 9.98 Å². The van der Waals surface area contributed by atoms with Gasteiger partial charge in [0.25, 0.3) is 0 Å². The molecule has 27 heavy (non-hydrogen) atoms. The molecule has 149 valence electrons. The Labute approximate surface area is 173 Å². The van der Waals surface area contributed by atoms with E-state index >= 15 is 0 Å². The number of aliphatic hydroxyl groups is 1. The van der Waals surface area contributed by atoms with Crippen LogP contribution in [-0.4, -0.2) is 29.4 Å². The molecule has 1 unspecified atom stereocenters. The standard InChI is InChI=1S/C20H24N3O2.ClH.Cu/c1-4-5-6-8-14-11-15(23-20(14,2)24)12-18-19(25-3)13-17(22-18)16-9-7-10-21-16;;/h7,9-13,24H,4-6,8H2,1-3H3;1H;/q-1;;+2/p-1/b18-12-;;. The number of halogens is 1. The predicted molar refractivity (Wildman–Crippen MR) is 106 cm³/mol. The number of hydrogen-bond acceptors (Lipinski definition) is 4. The molecular weight excluding hydrogens is 413 g/mol. The quantitative estimate of drug-likeness (QED) is 0.513. The third kappa shape index (κ3) is 5.45. The number of methoxy groups -OCH3 is 1. The Balaban J connectivity index is 0.00000126. The summed E-state index contributed by atoms with van der Waals surface area (Å²) >= 11 is 3.66. The van der Waals surface area contributed by atoms with Gasteiger partial charge in [0, 0.05) is 6.08 Å². The van der Waals surface area contributed by atoms with Gasteiger partial charge in [-0.1, -0.05) is 31.9 Å². The second kappa shape index (κ2) is 10.1. The van der Waals surface area contributed by atoms with Crippen LogP contribution in [0.25, 0.3) is 0 Å². The van der Waals surface area contributed by atoms with Crippen LogP contribution in [0.2, 0.25) is 0 Å². The first-order valence-corrected chi connectivity index (χ1v) is 10.1. The molecule has 0 bridgehead atoms. The van der Waals surface area contributed by atoms with Crippen LogP contribution in [0, 0.1) is 0 Å². The summed E-state index contributed by atoms with van der Waals surface area (Å²) in [5.41, 5.74) is 2.82. The second-order valence-electron chi connectivity index (χ2n) is 6.45. The third-order valence-electron chi connectivity index (χ3n) is 4.41. The summed E-state index contributed by atoms with van der Waals surface area (Å²) in [5, 5.41) is 10.5. The van der Waals surface area contributed by atoms with Crippen molar-refractivity contribution in [3.05, 3.63) is 59.3 Å². The Morgan fingerprint density at radius 3 is 2.74 bits per heavy atom. The SMILES string of the molecule is CCCCCC1=CC(/C=C2\N=C(c3ccc[n-]3)C=C2OC)=NC1(C)O.[Cl][Cu+]. The summed E-state index contributed by atoms with van der Waals surface area (Å²) in [6.45, 7) is 3.91. The summed E-state index contributed by atoms with van der Waals surface area (Å²) in [4.78, 5) is 13.3. The van der Waals surface area contributed by atoms with Crippen molar-refractivity contribution in [3.8, 4) is 0 Å². The van der Waals surface area contributed by atoms with E-state index in [9.17, 15) is 5.11 Å². The predicted octanol–water partition coefficient (Wildman–Crippen LogP) is 4.22. The molecule has 3 heterocycles. The molecular formula is C20H24ClCuN3O2. The molecule has 7 heteroatoms. The fraction of sp³-hybridized carbons (Fsp3) is 0.400. The summed E-state index contributed by atoms with van der Waals surface area (Å²) in [5.74, 6) is 0.674. The number of rotatable bonds is 7. The van der Waals surface area contributed by atoms with Crippen molar-refractivity contribution in [2.24, 2.45) is 9.98 Å². The molecule has 3 rings (SSSR count). The van der Waals surface area contributed by atoms with Crippen LogP contribution >= 0.6 is 10.1 Å². The van der Waals surface area contributed by atoms with Gasteiger partial charge in [-0.2, -0.15) is 6.20 Å². The zero-order chi connectivity index (χ0) is 19.9. The van der Waals surface area contributed by atoms with E-state index in [1.807, 2.05) is 30.4 Å². The number of nitrogens with zero attached hydrogens (tertiary/aromatic N) is 3. The van der Waals surface area contributed by atoms with Crippen molar-refractivity contribution in [1.29, 1.82) is 0 Å². The first-order chi connectivity index (χ1) is 13.0. The summed E-state index contributed by atoms with van der Waals surface area (Å²) in [6.07, 6.45) is 11.7. The van der Waals surface area contributed by atoms with Crippen LogP contribution in [0.5, 0.6) is 0 Å². The number of unbranched alkanes of at least 4 members (excludes halogenated alkanes) is 2. The van der Waals surface area contributed by atoms with E-state index in [2.05, 4.69) is 47.1 Å². The molecule has 0 aliphatic carbocycles. The molecule has 0 radical (unpaired) electrons. The second-order valence-corrected chi connectivity index (χ2v) is 6.45. The number of allylic oxidation sites excluding steroid dienone is 3. The third-order valence-corrected chi connectivity index (χ3v) is 4.41. The van der Waals surface area contributed by atoms with Crippen LogP contribution in [0.1, 0.15) is 45.2 Å². The summed E-state index contributed by atoms with van der Waals surface area (Å²) in [7, 11) is 5.82. The normalized spacial score (nSPS) is 22.7. The van der Waals surface area contributed by atoms with Crippen molar-refractivity contribution in [3.63, 3.8) is 0 Å². The topological polar surface area (TPSA) is 68.3 Å². The molecule has 1 atom stereocenters. The molecule has 0 saturated carbocycles. The van der Waals surface area contributed by atoms with Crippen LogP contribution in [0.15, 0.2) is 63.6 Å². The van der Waals surface area contributed by atoms with Gasteiger partial charge in [0.1, 0.15) is 11.5 Å². The van der Waals surface area contributed by atoms with Gasteiger partial charge in [0.2, 0.25) is 0 Å². The van der Waals surface area contributed by atoms with E-state index in [4.69, 9.17) is 4.74 Å². The van der Waals surface area contributed by atoms with E-state index in [1.165, 1.54) is 0 Å². The van der Waals surface area contributed by atoms with E-state index < -0.39 is 5.72 Å². The van der Waals surface area contributed by atoms with Crippen LogP contribution in [0.4, 0.5) is 0 Å². The first kappa shape index (κ1) is 21.7. The molecule has 5 nitrogen and oxygen atoms in total. The van der Waals surface area contributed by atoms with Gasteiger partial charge in [-0.05, 0) is 37.5 Å². The molecule has 1 aromatic rings. The maximum absolute atomic E-state index is 10.5. The Hall–Kier alpha value is -1.59. The van der Waals surface area contributed by atoms with Crippen LogP contribution in [-0.2, 0) is 19.8 Å². The van der Waals surface area contributed by atoms with Gasteiger partial charge in [-0.3, -0.25) is 0 Å². The molecule has 2 aliphatic rings. The Morgan fingerprint density at radius 2 is 2.11 bits per heavy atom. The molecule has 0 fully saturated rings. The molecule has 0 spiro atoms. The summed E-state index contributed by atoms with van der Waals surface area (Å²) in [6, 6.07) is 3.79. The number of aromatic nitrogens is 1. The minimum absolute atomic E-state index is 0.674. The Morgan fingerprint density at radius 1 is 1.33 bits per heavy atom. The molecule has 0 amide bonds. The van der Waals surface area contributed by atoms with E-state index in [0.29, 0.717) is 11.5 Å². The van der Waals surface area contributed by atoms with Crippen molar-refractivity contribution in [1.82, 2.24) is 4.98 Å². The molecule has 1 aromatic heterocycles. The fourth-order valence-electron chi connectivity index (χ4n) is 3.02. The van der Waals surface area contributed by atoms with Gasteiger partial charge >= 0.3 is 25.2 Å². The van der Waals surface area contributed by atoms with Crippen LogP contribution < -0.4 is 4.98 Å². The molecule has 0 saturated heterocycles. The zero-order valence-electron chi connectivity index (χ0n) is 15.7. The average molecular weight is 437 g/mol. The minimum atomic E-state index is -1.13. The van der Waals surface area contributed by atoms with Gasteiger partial charge in [0.05, 0.1) is 18.5 Å². The van der Waals surface area contributed by atoms with Crippen LogP contribution in [0.3, 0.4) is 0 Å². The van der Waals surface area contributed by atoms with Gasteiger partial charge in [-0.15, -0.1) is 5.69 Å². The van der Waals surface area contributed by atoms with Gasteiger partial charge < -0.3 is 14.8 Å². The monoisotopic (exact) mass is 436 g/mol. The van der Waals surface area contributed by atoms with Crippen molar-refractivity contribution in [2.75, 3.05) is 7.11 Å². The van der Waals surface area contributed by atoms with Crippen molar-refractivity contribution >= 4 is 21.5 Å². The average Bonchev–Trinajstić information content (AvgIpc) is 3.36. The maximum atomic E-state index is 10.5. The number of ether oxygens (including phenoxy) is 1. The molecule has 1 N–H and O–H groups in total. The van der Waals surface area contributed by atoms with E-state index in [1.54, 1.807) is 20.2 Å². The van der Waals surface area contributed by atoms with Crippen molar-refractivity contribution < 1.29 is 24.9 Å². The van der Waals surface area contributed by atoms with Gasteiger partial charge in [0.15, 0.2) is 5.72 Å². The first-order valence-electron chi connectivity index (χ1n) is 8.82. The Bertz CT molecular complexity index is 790. The molecule has 0 aromatic carbocycles. The van der Waals surface area contributed by atoms with Crippen molar-refractivity contribution in [2.45, 2.75) is 45.3 Å². The zero-order valence-corrected chi connectivity index (χ0v) is 17.4. The summed E-state index contributed by atoms with van der Waals surface area (Å²) < 4.78 is 5.43. The van der Waals surface area contributed by atoms with E-state index in [-0.39, 0.29) is 0 Å². The molecule has 2 aliphatic heterocycles.